The highest BCUT2D eigenvalue weighted by Crippen LogP contribution is 2.23. The molecule has 8 nitrogen and oxygen atoms in total. The number of fused-ring (bicyclic) bond motifs is 1. The van der Waals surface area contributed by atoms with Crippen LogP contribution in [0.4, 0.5) is 0 Å². The lowest BCUT2D eigenvalue weighted by Gasteiger charge is -2.10. The van der Waals surface area contributed by atoms with Crippen molar-refractivity contribution in [2.24, 2.45) is 0 Å². The van der Waals surface area contributed by atoms with Gasteiger partial charge in [-0.25, -0.2) is 0 Å². The lowest BCUT2D eigenvalue weighted by atomic mass is 10.2. The van der Waals surface area contributed by atoms with E-state index in [1.165, 1.54) is 19.3 Å². The molecule has 2 heterocycles. The van der Waals surface area contributed by atoms with Crippen LogP contribution in [0.25, 0.3) is 11.1 Å². The second-order valence-electron chi connectivity index (χ2n) is 4.18. The zero-order valence-electron chi connectivity index (χ0n) is 11.5. The summed E-state index contributed by atoms with van der Waals surface area (Å²) in [6.45, 7) is 0. The second-order valence-corrected chi connectivity index (χ2v) is 4.18. The number of likely N-dealkylation sites (N-methyl/N-ethyl adjacent to an activating group) is 1. The Bertz CT molecular complexity index is 695. The first kappa shape index (κ1) is 14.7. The maximum Gasteiger partial charge on any atom is 0.252 e. The molecule has 2 rings (SSSR count). The van der Waals surface area contributed by atoms with Crippen LogP contribution in [-0.4, -0.2) is 37.3 Å². The van der Waals surface area contributed by atoms with E-state index >= 15 is 0 Å². The monoisotopic (exact) mass is 290 g/mol. The number of carbonyl (C=O) groups is 3. The van der Waals surface area contributed by atoms with Gasteiger partial charge < -0.3 is 15.1 Å². The van der Waals surface area contributed by atoms with Gasteiger partial charge in [-0.15, -0.1) is 0 Å². The van der Waals surface area contributed by atoms with E-state index in [2.05, 4.69) is 20.9 Å². The first-order chi connectivity index (χ1) is 10.1. The van der Waals surface area contributed by atoms with Crippen molar-refractivity contribution in [1.29, 1.82) is 0 Å². The third kappa shape index (κ3) is 2.90. The summed E-state index contributed by atoms with van der Waals surface area (Å²) in [6.07, 6.45) is 1.72. The molecule has 0 aliphatic heterocycles. The van der Waals surface area contributed by atoms with Crippen LogP contribution in [0.15, 0.2) is 22.7 Å². The molecule has 0 radical (unpaired) electrons. The Morgan fingerprint density at radius 3 is 2.71 bits per heavy atom. The van der Waals surface area contributed by atoms with Gasteiger partial charge in [0.15, 0.2) is 5.58 Å². The molecule has 3 amide bonds. The number of rotatable bonds is 5. The van der Waals surface area contributed by atoms with Crippen molar-refractivity contribution in [1.82, 2.24) is 20.9 Å². The van der Waals surface area contributed by atoms with Crippen LogP contribution in [0.3, 0.4) is 0 Å². The SMILES string of the molecule is CNC(=O)c1cnc2cc([C@H](NC)C(=O)NC=O)oc2c1. The van der Waals surface area contributed by atoms with Gasteiger partial charge in [0.25, 0.3) is 11.8 Å². The minimum absolute atomic E-state index is 0.286. The highest BCUT2D eigenvalue weighted by Gasteiger charge is 2.23. The molecule has 0 saturated heterocycles. The summed E-state index contributed by atoms with van der Waals surface area (Å²) in [4.78, 5) is 37.7. The number of amides is 3. The molecule has 110 valence electrons. The Hall–Kier alpha value is -2.74. The fourth-order valence-corrected chi connectivity index (χ4v) is 1.89. The first-order valence-corrected chi connectivity index (χ1v) is 6.13. The van der Waals surface area contributed by atoms with Crippen LogP contribution < -0.4 is 16.0 Å². The summed E-state index contributed by atoms with van der Waals surface area (Å²) < 4.78 is 5.54. The van der Waals surface area contributed by atoms with Gasteiger partial charge in [-0.3, -0.25) is 24.7 Å². The quantitative estimate of drug-likeness (QED) is 0.653. The first-order valence-electron chi connectivity index (χ1n) is 6.13. The molecule has 0 fully saturated rings. The molecule has 3 N–H and O–H groups in total. The van der Waals surface area contributed by atoms with Crippen LogP contribution in [0.2, 0.25) is 0 Å². The topological polar surface area (TPSA) is 113 Å². The molecule has 0 spiro atoms. The predicted molar refractivity (Wildman–Crippen MR) is 73.4 cm³/mol. The van der Waals surface area contributed by atoms with Crippen molar-refractivity contribution in [3.8, 4) is 0 Å². The molecule has 0 aliphatic carbocycles. The Kier molecular flexibility index (Phi) is 4.29. The predicted octanol–water partition coefficient (Wildman–Crippen LogP) is -0.279. The van der Waals surface area contributed by atoms with Gasteiger partial charge in [-0.05, 0) is 13.1 Å². The van der Waals surface area contributed by atoms with Crippen molar-refractivity contribution in [2.45, 2.75) is 6.04 Å². The standard InChI is InChI=1S/C13H14N4O4/c1-14-11(13(20)17-6-18)10-4-8-9(21-10)3-7(5-16-8)12(19)15-2/h3-6,11,14H,1-2H3,(H,15,19)(H,17,18,20)/t11-/m0/s1. The third-order valence-electron chi connectivity index (χ3n) is 2.91. The number of nitrogens with zero attached hydrogens (tertiary/aromatic N) is 1. The molecule has 1 atom stereocenters. The van der Waals surface area contributed by atoms with Gasteiger partial charge in [-0.1, -0.05) is 0 Å². The molecule has 0 saturated carbocycles. The normalized spacial score (nSPS) is 11.9. The molecule has 0 bridgehead atoms. The molecule has 0 aliphatic rings. The highest BCUT2D eigenvalue weighted by atomic mass is 16.3. The largest absolute Gasteiger partial charge is 0.457 e. The zero-order chi connectivity index (χ0) is 15.4. The number of pyridine rings is 1. The summed E-state index contributed by atoms with van der Waals surface area (Å²) in [7, 11) is 3.08. The van der Waals surface area contributed by atoms with Gasteiger partial charge in [-0.2, -0.15) is 0 Å². The molecular weight excluding hydrogens is 276 g/mol. The minimum Gasteiger partial charge on any atom is -0.457 e. The molecule has 2 aromatic rings. The van der Waals surface area contributed by atoms with Gasteiger partial charge in [0, 0.05) is 19.3 Å². The lowest BCUT2D eigenvalue weighted by molar-refractivity contribution is -0.127. The summed E-state index contributed by atoms with van der Waals surface area (Å²) in [5, 5.41) is 7.28. The second kappa shape index (κ2) is 6.14. The number of hydrogen-bond acceptors (Lipinski definition) is 6. The van der Waals surface area contributed by atoms with E-state index in [1.807, 2.05) is 0 Å². The minimum atomic E-state index is -0.826. The number of aromatic nitrogens is 1. The lowest BCUT2D eigenvalue weighted by Crippen LogP contribution is -2.34. The number of carbonyl (C=O) groups excluding carboxylic acids is 3. The Morgan fingerprint density at radius 2 is 2.10 bits per heavy atom. The molecular formula is C13H14N4O4. The van der Waals surface area contributed by atoms with E-state index in [9.17, 15) is 14.4 Å². The van der Waals surface area contributed by atoms with E-state index in [0.717, 1.165) is 0 Å². The van der Waals surface area contributed by atoms with Crippen LogP contribution >= 0.6 is 0 Å². The Balaban J connectivity index is 2.39. The summed E-state index contributed by atoms with van der Waals surface area (Å²) >= 11 is 0. The van der Waals surface area contributed by atoms with Crippen LogP contribution in [0.1, 0.15) is 22.2 Å². The molecule has 2 aromatic heterocycles. The highest BCUT2D eigenvalue weighted by molar-refractivity contribution is 5.96. The smallest absolute Gasteiger partial charge is 0.252 e. The van der Waals surface area contributed by atoms with Gasteiger partial charge in [0.05, 0.1) is 5.56 Å². The Labute approximate surface area is 119 Å². The van der Waals surface area contributed by atoms with E-state index < -0.39 is 11.9 Å². The average Bonchev–Trinajstić information content (AvgIpc) is 2.89. The van der Waals surface area contributed by atoms with Gasteiger partial charge in [0.2, 0.25) is 6.41 Å². The van der Waals surface area contributed by atoms with Crippen molar-refractivity contribution >= 4 is 29.3 Å². The maximum absolute atomic E-state index is 11.7. The average molecular weight is 290 g/mol. The number of furan rings is 1. The van der Waals surface area contributed by atoms with Crippen molar-refractivity contribution in [3.05, 3.63) is 29.7 Å². The van der Waals surface area contributed by atoms with E-state index in [0.29, 0.717) is 28.8 Å². The Morgan fingerprint density at radius 1 is 1.33 bits per heavy atom. The number of imide groups is 1. The van der Waals surface area contributed by atoms with E-state index in [4.69, 9.17) is 4.42 Å². The van der Waals surface area contributed by atoms with E-state index in [1.54, 1.807) is 13.1 Å². The van der Waals surface area contributed by atoms with Gasteiger partial charge >= 0.3 is 0 Å². The fourth-order valence-electron chi connectivity index (χ4n) is 1.89. The molecule has 0 unspecified atom stereocenters. The van der Waals surface area contributed by atoms with Crippen molar-refractivity contribution in [3.63, 3.8) is 0 Å². The molecule has 0 aromatic carbocycles. The van der Waals surface area contributed by atoms with Crippen LogP contribution in [0.5, 0.6) is 0 Å². The fraction of sp³-hybridized carbons (Fsp3) is 0.231. The summed E-state index contributed by atoms with van der Waals surface area (Å²) in [5.41, 5.74) is 1.24. The maximum atomic E-state index is 11.7. The van der Waals surface area contributed by atoms with Crippen LogP contribution in [0, 0.1) is 0 Å². The third-order valence-corrected chi connectivity index (χ3v) is 2.91. The van der Waals surface area contributed by atoms with Crippen molar-refractivity contribution < 1.29 is 18.8 Å². The number of hydrogen-bond donors (Lipinski definition) is 3. The number of nitrogens with one attached hydrogen (secondary N) is 3. The molecule has 21 heavy (non-hydrogen) atoms. The summed E-state index contributed by atoms with van der Waals surface area (Å²) in [5.74, 6) is -0.530. The summed E-state index contributed by atoms with van der Waals surface area (Å²) in [6, 6.07) is 2.29. The van der Waals surface area contributed by atoms with Crippen LogP contribution in [-0.2, 0) is 9.59 Å². The zero-order valence-corrected chi connectivity index (χ0v) is 11.5. The van der Waals surface area contributed by atoms with Crippen molar-refractivity contribution in [2.75, 3.05) is 14.1 Å². The molecule has 8 heteroatoms. The van der Waals surface area contributed by atoms with Gasteiger partial charge in [0.1, 0.15) is 17.3 Å². The van der Waals surface area contributed by atoms with E-state index in [-0.39, 0.29) is 5.91 Å².